The summed E-state index contributed by atoms with van der Waals surface area (Å²) < 4.78 is 27.9. The van der Waals surface area contributed by atoms with Crippen molar-refractivity contribution in [3.63, 3.8) is 0 Å². The van der Waals surface area contributed by atoms with Crippen molar-refractivity contribution in [2.75, 3.05) is 54.4 Å². The average molecular weight is 292 g/mol. The van der Waals surface area contributed by atoms with E-state index in [1.165, 1.54) is 4.31 Å². The Bertz CT molecular complexity index is 353. The third-order valence-electron chi connectivity index (χ3n) is 3.86. The molecule has 7 heteroatoms. The molecule has 1 rings (SSSR count). The number of nitrogens with zero attached hydrogens (tertiary/aromatic N) is 3. The van der Waals surface area contributed by atoms with Crippen LogP contribution in [0, 0.1) is 0 Å². The van der Waals surface area contributed by atoms with Gasteiger partial charge in [0.05, 0.1) is 0 Å². The van der Waals surface area contributed by atoms with Gasteiger partial charge >= 0.3 is 0 Å². The molecule has 1 heterocycles. The van der Waals surface area contributed by atoms with Crippen LogP contribution >= 0.6 is 0 Å². The number of hydrogen-bond acceptors (Lipinski definition) is 4. The maximum Gasteiger partial charge on any atom is 0.281 e. The van der Waals surface area contributed by atoms with Crippen LogP contribution in [0.2, 0.25) is 0 Å². The Hall–Kier alpha value is -0.210. The molecule has 0 spiro atoms. The number of likely N-dealkylation sites (tertiary alicyclic amines) is 1. The summed E-state index contributed by atoms with van der Waals surface area (Å²) in [5.74, 6) is 0. The fraction of sp³-hybridized carbons (Fsp3) is 1.00. The van der Waals surface area contributed by atoms with Gasteiger partial charge in [-0.1, -0.05) is 0 Å². The molecule has 0 aliphatic carbocycles. The van der Waals surface area contributed by atoms with Crippen molar-refractivity contribution >= 4 is 10.2 Å². The summed E-state index contributed by atoms with van der Waals surface area (Å²) in [4.78, 5) is 2.24. The van der Waals surface area contributed by atoms with Gasteiger partial charge in [-0.3, -0.25) is 0 Å². The molecule has 0 atom stereocenters. The lowest BCUT2D eigenvalue weighted by molar-refractivity contribution is 0.192. The second-order valence-corrected chi connectivity index (χ2v) is 7.43. The lowest BCUT2D eigenvalue weighted by atomic mass is 10.1. The molecule has 0 saturated carbocycles. The average Bonchev–Trinajstić information content (AvgIpc) is 2.39. The molecule has 0 aromatic carbocycles. The van der Waals surface area contributed by atoms with Crippen LogP contribution < -0.4 is 5.32 Å². The van der Waals surface area contributed by atoms with E-state index in [0.29, 0.717) is 6.54 Å². The number of nitrogens with one attached hydrogen (secondary N) is 1. The van der Waals surface area contributed by atoms with Crippen molar-refractivity contribution < 1.29 is 8.42 Å². The summed E-state index contributed by atoms with van der Waals surface area (Å²) in [5, 5.41) is 3.03. The van der Waals surface area contributed by atoms with E-state index < -0.39 is 10.2 Å². The molecule has 1 aliphatic heterocycles. The lowest BCUT2D eigenvalue weighted by Gasteiger charge is -2.36. The molecular formula is C12H28N4O2S. The fourth-order valence-corrected chi connectivity index (χ4v) is 3.75. The van der Waals surface area contributed by atoms with Gasteiger partial charge in [-0.15, -0.1) is 0 Å². The van der Waals surface area contributed by atoms with Crippen LogP contribution in [0.4, 0.5) is 0 Å². The third-order valence-corrected chi connectivity index (χ3v) is 5.86. The van der Waals surface area contributed by atoms with E-state index in [-0.39, 0.29) is 6.04 Å². The van der Waals surface area contributed by atoms with E-state index in [9.17, 15) is 8.42 Å². The van der Waals surface area contributed by atoms with E-state index >= 15 is 0 Å². The van der Waals surface area contributed by atoms with Crippen molar-refractivity contribution in [2.24, 2.45) is 0 Å². The van der Waals surface area contributed by atoms with Crippen molar-refractivity contribution in [1.82, 2.24) is 18.8 Å². The molecule has 1 aliphatic rings. The Kier molecular flexibility index (Phi) is 6.68. The second kappa shape index (κ2) is 7.54. The Morgan fingerprint density at radius 2 is 1.84 bits per heavy atom. The minimum absolute atomic E-state index is 0.132. The first-order valence-corrected chi connectivity index (χ1v) is 8.31. The monoisotopic (exact) mass is 292 g/mol. The van der Waals surface area contributed by atoms with Gasteiger partial charge in [0.15, 0.2) is 0 Å². The Morgan fingerprint density at radius 3 is 2.37 bits per heavy atom. The predicted molar refractivity (Wildman–Crippen MR) is 78.4 cm³/mol. The Morgan fingerprint density at radius 1 is 1.26 bits per heavy atom. The summed E-state index contributed by atoms with van der Waals surface area (Å²) in [6.45, 7) is 3.32. The third kappa shape index (κ3) is 4.68. The highest BCUT2D eigenvalue weighted by Gasteiger charge is 2.31. The molecule has 6 nitrogen and oxygen atoms in total. The summed E-state index contributed by atoms with van der Waals surface area (Å²) in [7, 11) is 4.01. The van der Waals surface area contributed by atoms with E-state index in [1.807, 2.05) is 7.05 Å². The molecule has 0 unspecified atom stereocenters. The largest absolute Gasteiger partial charge is 0.320 e. The van der Waals surface area contributed by atoms with Crippen LogP contribution in [0.25, 0.3) is 0 Å². The highest BCUT2D eigenvalue weighted by Crippen LogP contribution is 2.18. The van der Waals surface area contributed by atoms with Gasteiger partial charge in [0.2, 0.25) is 0 Å². The van der Waals surface area contributed by atoms with Crippen molar-refractivity contribution in [3.8, 4) is 0 Å². The van der Waals surface area contributed by atoms with Crippen LogP contribution in [-0.2, 0) is 10.2 Å². The highest BCUT2D eigenvalue weighted by atomic mass is 32.2. The zero-order valence-corrected chi connectivity index (χ0v) is 13.4. The molecule has 0 aromatic rings. The maximum absolute atomic E-state index is 12.4. The predicted octanol–water partition coefficient (Wildman–Crippen LogP) is -0.201. The first-order chi connectivity index (χ1) is 8.89. The molecule has 0 radical (unpaired) electrons. The summed E-state index contributed by atoms with van der Waals surface area (Å²) in [6.07, 6.45) is 2.65. The SMILES string of the molecule is CNCCCN(C)S(=O)(=O)N(C)C1CCN(C)CC1. The molecule has 1 fully saturated rings. The molecule has 1 N–H and O–H groups in total. The smallest absolute Gasteiger partial charge is 0.281 e. The van der Waals surface area contributed by atoms with Crippen molar-refractivity contribution in [2.45, 2.75) is 25.3 Å². The van der Waals surface area contributed by atoms with E-state index in [2.05, 4.69) is 17.3 Å². The quantitative estimate of drug-likeness (QED) is 0.660. The van der Waals surface area contributed by atoms with Crippen LogP contribution in [0.5, 0.6) is 0 Å². The van der Waals surface area contributed by atoms with E-state index in [1.54, 1.807) is 18.4 Å². The van der Waals surface area contributed by atoms with Gasteiger partial charge in [-0.25, -0.2) is 0 Å². The van der Waals surface area contributed by atoms with Crippen LogP contribution in [-0.4, -0.2) is 82.3 Å². The fourth-order valence-electron chi connectivity index (χ4n) is 2.36. The Balaban J connectivity index is 2.55. The normalized spacial score (nSPS) is 19.5. The molecule has 1 saturated heterocycles. The number of hydrogen-bond donors (Lipinski definition) is 1. The van der Waals surface area contributed by atoms with Crippen LogP contribution in [0.1, 0.15) is 19.3 Å². The maximum atomic E-state index is 12.4. The molecule has 0 amide bonds. The molecular weight excluding hydrogens is 264 g/mol. The first-order valence-electron chi connectivity index (χ1n) is 6.92. The minimum atomic E-state index is -3.32. The summed E-state index contributed by atoms with van der Waals surface area (Å²) in [5.41, 5.74) is 0. The van der Waals surface area contributed by atoms with Gasteiger partial charge in [0, 0.05) is 26.7 Å². The first kappa shape index (κ1) is 16.8. The molecule has 0 bridgehead atoms. The molecule has 114 valence electrons. The topological polar surface area (TPSA) is 55.9 Å². The van der Waals surface area contributed by atoms with Gasteiger partial charge in [0.25, 0.3) is 10.2 Å². The van der Waals surface area contributed by atoms with Crippen LogP contribution in [0.3, 0.4) is 0 Å². The number of piperidine rings is 1. The number of rotatable bonds is 7. The zero-order valence-electron chi connectivity index (χ0n) is 12.6. The van der Waals surface area contributed by atoms with Gasteiger partial charge in [-0.05, 0) is 53.0 Å². The second-order valence-electron chi connectivity index (χ2n) is 5.34. The summed E-state index contributed by atoms with van der Waals surface area (Å²) >= 11 is 0. The molecule has 19 heavy (non-hydrogen) atoms. The zero-order chi connectivity index (χ0) is 14.5. The van der Waals surface area contributed by atoms with E-state index in [4.69, 9.17) is 0 Å². The van der Waals surface area contributed by atoms with Crippen molar-refractivity contribution in [3.05, 3.63) is 0 Å². The lowest BCUT2D eigenvalue weighted by Crippen LogP contribution is -2.49. The van der Waals surface area contributed by atoms with Crippen LogP contribution in [0.15, 0.2) is 0 Å². The standard InChI is InChI=1S/C12H28N4O2S/c1-13-8-5-9-15(3)19(17,18)16(4)12-6-10-14(2)11-7-12/h12-13H,5-11H2,1-4H3. The summed E-state index contributed by atoms with van der Waals surface area (Å²) in [6, 6.07) is 0.132. The van der Waals surface area contributed by atoms with E-state index in [0.717, 1.165) is 38.9 Å². The molecule has 0 aromatic heterocycles. The van der Waals surface area contributed by atoms with Gasteiger partial charge < -0.3 is 10.2 Å². The highest BCUT2D eigenvalue weighted by molar-refractivity contribution is 7.86. The van der Waals surface area contributed by atoms with Gasteiger partial charge in [-0.2, -0.15) is 17.0 Å². The van der Waals surface area contributed by atoms with Crippen molar-refractivity contribution in [1.29, 1.82) is 0 Å². The Labute approximate surface area is 117 Å². The van der Waals surface area contributed by atoms with Gasteiger partial charge in [0.1, 0.15) is 0 Å². The minimum Gasteiger partial charge on any atom is -0.320 e.